The first-order chi connectivity index (χ1) is 18.5. The number of rotatable bonds is 2. The molecule has 3 atom stereocenters. The van der Waals surface area contributed by atoms with E-state index in [1.165, 1.54) is 0 Å². The molecular formula is C30H40N4O4. The zero-order valence-electron chi connectivity index (χ0n) is 22.6. The Hall–Kier alpha value is -3.10. The number of nitrogens with zero attached hydrogens (tertiary/aromatic N) is 2. The smallest absolute Gasteiger partial charge is 0.234 e. The second-order valence-corrected chi connectivity index (χ2v) is 10.7. The van der Waals surface area contributed by atoms with Crippen LogP contribution in [0.4, 0.5) is 0 Å². The van der Waals surface area contributed by atoms with Gasteiger partial charge in [-0.15, -0.1) is 0 Å². The van der Waals surface area contributed by atoms with Crippen LogP contribution < -0.4 is 20.1 Å². The van der Waals surface area contributed by atoms with Crippen molar-refractivity contribution in [1.82, 2.24) is 20.4 Å². The Morgan fingerprint density at radius 2 is 1.66 bits per heavy atom. The molecule has 3 unspecified atom stereocenters. The fraction of sp³-hybridized carbons (Fsp3) is 0.533. The van der Waals surface area contributed by atoms with Crippen LogP contribution in [0.1, 0.15) is 66.9 Å². The second kappa shape index (κ2) is 12.2. The van der Waals surface area contributed by atoms with Gasteiger partial charge >= 0.3 is 0 Å². The maximum atomic E-state index is 14.5. The third-order valence-electron chi connectivity index (χ3n) is 8.01. The molecule has 8 heteroatoms. The summed E-state index contributed by atoms with van der Waals surface area (Å²) >= 11 is 0. The van der Waals surface area contributed by atoms with Crippen LogP contribution in [0.2, 0.25) is 0 Å². The Kier molecular flexibility index (Phi) is 8.49. The van der Waals surface area contributed by atoms with E-state index >= 15 is 0 Å². The topological polar surface area (TPSA) is 83.1 Å². The van der Waals surface area contributed by atoms with Crippen LogP contribution in [0.5, 0.6) is 11.5 Å². The molecule has 2 amide bonds. The lowest BCUT2D eigenvalue weighted by atomic mass is 9.84. The molecule has 0 saturated carbocycles. The van der Waals surface area contributed by atoms with Gasteiger partial charge in [-0.05, 0) is 81.7 Å². The average Bonchev–Trinajstić information content (AvgIpc) is 3.32. The zero-order chi connectivity index (χ0) is 26.5. The van der Waals surface area contributed by atoms with E-state index in [9.17, 15) is 9.59 Å². The molecule has 38 heavy (non-hydrogen) atoms. The van der Waals surface area contributed by atoms with Gasteiger partial charge in [0.05, 0.1) is 7.11 Å². The monoisotopic (exact) mass is 520 g/mol. The van der Waals surface area contributed by atoms with Gasteiger partial charge in [0.15, 0.2) is 0 Å². The zero-order valence-corrected chi connectivity index (χ0v) is 22.6. The average molecular weight is 521 g/mol. The highest BCUT2D eigenvalue weighted by atomic mass is 16.5. The maximum Gasteiger partial charge on any atom is 0.234 e. The number of methoxy groups -OCH3 is 1. The number of ether oxygens (including phenoxy) is 2. The summed E-state index contributed by atoms with van der Waals surface area (Å²) in [5.74, 6) is 1.15. The van der Waals surface area contributed by atoms with E-state index in [1.807, 2.05) is 41.3 Å². The molecule has 0 radical (unpaired) electrons. The summed E-state index contributed by atoms with van der Waals surface area (Å²) in [6, 6.07) is 13.6. The number of amides is 2. The van der Waals surface area contributed by atoms with Crippen LogP contribution in [0.15, 0.2) is 42.5 Å². The highest BCUT2D eigenvalue weighted by molar-refractivity contribution is 5.87. The molecule has 0 fully saturated rings. The lowest BCUT2D eigenvalue weighted by Gasteiger charge is -2.30. The molecule has 2 aromatic carbocycles. The molecule has 0 aromatic heterocycles. The fourth-order valence-corrected chi connectivity index (χ4v) is 5.96. The maximum absolute atomic E-state index is 14.5. The summed E-state index contributed by atoms with van der Waals surface area (Å²) in [6.07, 6.45) is 3.58. The lowest BCUT2D eigenvalue weighted by molar-refractivity contribution is -0.134. The number of fused-ring (bicyclic) bond motifs is 1. The van der Waals surface area contributed by atoms with Gasteiger partial charge in [-0.1, -0.05) is 24.3 Å². The van der Waals surface area contributed by atoms with E-state index in [-0.39, 0.29) is 17.9 Å². The number of nitrogens with one attached hydrogen (secondary N) is 2. The summed E-state index contributed by atoms with van der Waals surface area (Å²) in [6.45, 7) is 4.67. The fourth-order valence-electron chi connectivity index (χ4n) is 5.96. The van der Waals surface area contributed by atoms with Crippen LogP contribution in [0.3, 0.4) is 0 Å². The lowest BCUT2D eigenvalue weighted by Crippen LogP contribution is -2.41. The predicted octanol–water partition coefficient (Wildman–Crippen LogP) is 3.40. The molecular weight excluding hydrogens is 480 g/mol. The Balaban J connectivity index is 1.61. The van der Waals surface area contributed by atoms with Gasteiger partial charge in [-0.3, -0.25) is 9.59 Å². The molecule has 8 nitrogen and oxygen atoms in total. The molecule has 2 aromatic rings. The minimum atomic E-state index is -0.478. The molecule has 0 spiro atoms. The van der Waals surface area contributed by atoms with Gasteiger partial charge in [0, 0.05) is 37.7 Å². The van der Waals surface area contributed by atoms with Gasteiger partial charge in [0.25, 0.3) is 0 Å². The van der Waals surface area contributed by atoms with Crippen molar-refractivity contribution >= 4 is 11.8 Å². The van der Waals surface area contributed by atoms with E-state index in [0.717, 1.165) is 73.5 Å². The van der Waals surface area contributed by atoms with Crippen molar-refractivity contribution in [2.45, 2.75) is 50.2 Å². The van der Waals surface area contributed by atoms with E-state index in [0.29, 0.717) is 26.1 Å². The van der Waals surface area contributed by atoms with E-state index in [2.05, 4.69) is 28.6 Å². The minimum absolute atomic E-state index is 0.0298. The molecule has 2 N–H and O–H groups in total. The van der Waals surface area contributed by atoms with Crippen molar-refractivity contribution in [3.8, 4) is 11.5 Å². The van der Waals surface area contributed by atoms with E-state index in [4.69, 9.17) is 9.47 Å². The quantitative estimate of drug-likeness (QED) is 0.632. The standard InChI is InChI=1S/C30H40N4O4/c1-33-16-3-4-18-34-19-7-15-32-26(35)20-24(31-14-6-17-33)23-8-5-9-25-27(23)28(30(34)36)29(38-25)21-10-12-22(37-2)13-11-21/h5,8-13,24,28-29,31H,3-4,6-7,14-20H2,1-2H3,(H,32,35). The van der Waals surface area contributed by atoms with Crippen molar-refractivity contribution in [2.75, 3.05) is 53.4 Å². The van der Waals surface area contributed by atoms with Gasteiger partial charge < -0.3 is 29.9 Å². The van der Waals surface area contributed by atoms with Crippen molar-refractivity contribution in [3.63, 3.8) is 0 Å². The predicted molar refractivity (Wildman–Crippen MR) is 146 cm³/mol. The van der Waals surface area contributed by atoms with Crippen LogP contribution in [0, 0.1) is 0 Å². The summed E-state index contributed by atoms with van der Waals surface area (Å²) in [5, 5.41) is 6.74. The van der Waals surface area contributed by atoms with Crippen LogP contribution >= 0.6 is 0 Å². The first-order valence-corrected chi connectivity index (χ1v) is 14.0. The number of carbonyl (C=O) groups excluding carboxylic acids is 2. The molecule has 5 rings (SSSR count). The van der Waals surface area contributed by atoms with E-state index < -0.39 is 12.0 Å². The Bertz CT molecular complexity index is 1120. The third kappa shape index (κ3) is 5.81. The number of hydrogen-bond donors (Lipinski definition) is 2. The Labute approximate surface area is 225 Å². The summed E-state index contributed by atoms with van der Waals surface area (Å²) in [4.78, 5) is 31.8. The Morgan fingerprint density at radius 3 is 2.47 bits per heavy atom. The first kappa shape index (κ1) is 26.5. The van der Waals surface area contributed by atoms with Gasteiger partial charge in [-0.25, -0.2) is 0 Å². The van der Waals surface area contributed by atoms with Gasteiger partial charge in [-0.2, -0.15) is 0 Å². The van der Waals surface area contributed by atoms with Crippen LogP contribution in [0.25, 0.3) is 0 Å². The third-order valence-corrected chi connectivity index (χ3v) is 8.01. The number of carbonyl (C=O) groups is 2. The molecule has 204 valence electrons. The van der Waals surface area contributed by atoms with Crippen molar-refractivity contribution in [1.29, 1.82) is 0 Å². The second-order valence-electron chi connectivity index (χ2n) is 10.7. The number of hydrogen-bond acceptors (Lipinski definition) is 6. The molecule has 3 aliphatic heterocycles. The normalized spacial score (nSPS) is 25.5. The molecule has 3 heterocycles. The highest BCUT2D eigenvalue weighted by Gasteiger charge is 2.44. The molecule has 3 aliphatic rings. The van der Waals surface area contributed by atoms with Crippen LogP contribution in [-0.2, 0) is 9.59 Å². The largest absolute Gasteiger partial charge is 0.497 e. The molecule has 0 saturated heterocycles. The van der Waals surface area contributed by atoms with E-state index in [1.54, 1.807) is 7.11 Å². The van der Waals surface area contributed by atoms with Crippen molar-refractivity contribution in [2.24, 2.45) is 0 Å². The molecule has 2 bridgehead atoms. The van der Waals surface area contributed by atoms with Gasteiger partial charge in [0.2, 0.25) is 11.8 Å². The molecule has 0 aliphatic carbocycles. The highest BCUT2D eigenvalue weighted by Crippen LogP contribution is 2.50. The minimum Gasteiger partial charge on any atom is -0.497 e. The summed E-state index contributed by atoms with van der Waals surface area (Å²) < 4.78 is 11.9. The van der Waals surface area contributed by atoms with Gasteiger partial charge in [0.1, 0.15) is 23.5 Å². The Morgan fingerprint density at radius 1 is 0.921 bits per heavy atom. The van der Waals surface area contributed by atoms with Crippen molar-refractivity contribution < 1.29 is 19.1 Å². The summed E-state index contributed by atoms with van der Waals surface area (Å²) in [7, 11) is 3.81. The van der Waals surface area contributed by atoms with Crippen molar-refractivity contribution in [3.05, 3.63) is 59.2 Å². The number of benzene rings is 2. The SMILES string of the molecule is COc1ccc(C2Oc3cccc4c3C2C(=O)N2CCCCN(C)CCCNC4CC(=O)NCCC2)cc1. The van der Waals surface area contributed by atoms with Crippen LogP contribution in [-0.4, -0.2) is 75.0 Å². The first-order valence-electron chi connectivity index (χ1n) is 14.0. The summed E-state index contributed by atoms with van der Waals surface area (Å²) in [5.41, 5.74) is 2.84.